The smallest absolute Gasteiger partial charge is 0.363 e. The van der Waals surface area contributed by atoms with Gasteiger partial charge in [0.1, 0.15) is 12.3 Å². The third kappa shape index (κ3) is 9.06. The Hall–Kier alpha value is -2.50. The lowest BCUT2D eigenvalue weighted by atomic mass is 9.68. The molecule has 1 aromatic carbocycles. The first-order valence-electron chi connectivity index (χ1n) is 15.0. The van der Waals surface area contributed by atoms with E-state index >= 15 is 0 Å². The molecule has 0 saturated heterocycles. The number of Topliss-reactive ketones (excluding diaryl/α,β-unsaturated/α-hetero) is 1. The van der Waals surface area contributed by atoms with E-state index in [4.69, 9.17) is 9.73 Å². The third-order valence-electron chi connectivity index (χ3n) is 7.75. The molecule has 6 heteroatoms. The minimum Gasteiger partial charge on any atom is -0.453 e. The predicted octanol–water partition coefficient (Wildman–Crippen LogP) is 7.89. The summed E-state index contributed by atoms with van der Waals surface area (Å²) in [4.78, 5) is 30.0. The normalized spacial score (nSPS) is 14.6. The Morgan fingerprint density at radius 3 is 2.11 bits per heavy atom. The van der Waals surface area contributed by atoms with Gasteiger partial charge >= 0.3 is 5.97 Å². The van der Waals surface area contributed by atoms with Gasteiger partial charge in [0.05, 0.1) is 0 Å². The highest BCUT2D eigenvalue weighted by Gasteiger charge is 2.40. The molecule has 0 aromatic heterocycles. The van der Waals surface area contributed by atoms with Gasteiger partial charge in [-0.15, -0.1) is 0 Å². The number of ketones is 1. The molecule has 0 spiro atoms. The lowest BCUT2D eigenvalue weighted by Gasteiger charge is -2.39. The molecule has 1 heterocycles. The number of aliphatic imine (C=N–C) groups is 1. The molecule has 1 N–H and O–H groups in total. The highest BCUT2D eigenvalue weighted by atomic mass is 16.5. The number of hydrogen-bond acceptors (Lipinski definition) is 6. The van der Waals surface area contributed by atoms with E-state index in [0.29, 0.717) is 18.7 Å². The van der Waals surface area contributed by atoms with Crippen molar-refractivity contribution in [2.24, 2.45) is 10.1 Å². The van der Waals surface area contributed by atoms with Gasteiger partial charge in [-0.25, -0.2) is 4.79 Å². The lowest BCUT2D eigenvalue weighted by molar-refractivity contribution is -0.141. The minimum absolute atomic E-state index is 0.0941. The molecular formula is C32H50N2O4. The van der Waals surface area contributed by atoms with Crippen LogP contribution in [0.25, 0.3) is 0 Å². The van der Waals surface area contributed by atoms with Gasteiger partial charge in [-0.2, -0.15) is 0 Å². The molecule has 1 aliphatic heterocycles. The van der Waals surface area contributed by atoms with Crippen molar-refractivity contribution in [2.45, 2.75) is 129 Å². The van der Waals surface area contributed by atoms with Crippen LogP contribution in [0.5, 0.6) is 0 Å². The zero-order valence-electron chi connectivity index (χ0n) is 24.3. The first kappa shape index (κ1) is 31.7. The number of benzene rings is 1. The van der Waals surface area contributed by atoms with Crippen LogP contribution in [0.2, 0.25) is 0 Å². The summed E-state index contributed by atoms with van der Waals surface area (Å²) in [7, 11) is 0. The van der Waals surface area contributed by atoms with E-state index in [0.717, 1.165) is 56.1 Å². The molecule has 0 unspecified atom stereocenters. The largest absolute Gasteiger partial charge is 0.453 e. The van der Waals surface area contributed by atoms with E-state index in [1.54, 1.807) is 0 Å². The maximum absolute atomic E-state index is 12.9. The van der Waals surface area contributed by atoms with Gasteiger partial charge in [0.15, 0.2) is 5.78 Å². The van der Waals surface area contributed by atoms with E-state index in [1.165, 1.54) is 50.5 Å². The zero-order valence-corrected chi connectivity index (χ0v) is 24.3. The molecule has 2 rings (SSSR count). The molecule has 0 atom stereocenters. The van der Waals surface area contributed by atoms with E-state index in [1.807, 2.05) is 12.1 Å². The number of carbonyl (C=O) groups excluding carboxylic acids is 2. The van der Waals surface area contributed by atoms with Crippen molar-refractivity contribution < 1.29 is 19.5 Å². The van der Waals surface area contributed by atoms with Crippen molar-refractivity contribution in [1.82, 2.24) is 0 Å². The maximum atomic E-state index is 12.9. The summed E-state index contributed by atoms with van der Waals surface area (Å²) in [6.45, 7) is 8.91. The second kappa shape index (κ2) is 17.2. The van der Waals surface area contributed by atoms with E-state index in [-0.39, 0.29) is 23.5 Å². The summed E-state index contributed by atoms with van der Waals surface area (Å²) in [6.07, 6.45) is 16.5. The Kier molecular flexibility index (Phi) is 14.3. The molecule has 0 aliphatic carbocycles. The first-order valence-corrected chi connectivity index (χ1v) is 15.0. The van der Waals surface area contributed by atoms with Gasteiger partial charge in [0, 0.05) is 23.9 Å². The van der Waals surface area contributed by atoms with Gasteiger partial charge in [-0.05, 0) is 37.3 Å². The average Bonchev–Trinajstić information content (AvgIpc) is 2.90. The van der Waals surface area contributed by atoms with Gasteiger partial charge in [-0.1, -0.05) is 115 Å². The summed E-state index contributed by atoms with van der Waals surface area (Å²) in [5.74, 6) is -0.921. The minimum atomic E-state index is -0.811. The van der Waals surface area contributed by atoms with Crippen molar-refractivity contribution in [1.29, 1.82) is 0 Å². The zero-order chi connectivity index (χ0) is 27.8. The Morgan fingerprint density at radius 1 is 0.921 bits per heavy atom. The Morgan fingerprint density at radius 2 is 1.53 bits per heavy atom. The van der Waals surface area contributed by atoms with Crippen molar-refractivity contribution >= 4 is 23.2 Å². The molecule has 0 fully saturated rings. The fraction of sp³-hybridized carbons (Fsp3) is 0.688. The van der Waals surface area contributed by atoms with Crippen LogP contribution in [0.4, 0.5) is 0 Å². The molecule has 212 valence electrons. The van der Waals surface area contributed by atoms with Crippen LogP contribution in [-0.4, -0.2) is 41.5 Å². The number of fused-ring (bicyclic) bond motifs is 1. The Bertz CT molecular complexity index is 945. The number of nitrogens with zero attached hydrogens (tertiary/aromatic N) is 2. The standard InChI is InChI=1S/C32H50N2O4/c1-5-8-9-10-11-12-13-14-15-16-19-26(35)23-38-31(36)30(34-37)29-27-20-17-18-25(4)28(27)32(21-6-2,22-7-3)24-33-29/h17-18,20,37H,5-16,19,21-24H2,1-4H3/b34-30+. The second-order valence-electron chi connectivity index (χ2n) is 10.9. The number of oxime groups is 1. The average molecular weight is 527 g/mol. The van der Waals surface area contributed by atoms with Crippen molar-refractivity contribution in [3.63, 3.8) is 0 Å². The number of unbranched alkanes of at least 4 members (excludes halogenated alkanes) is 9. The SMILES string of the molecule is CCCCCCCCCCCCC(=O)COC(=O)/C(=N/O)C1=NCC(CCC)(CCC)c2c(C)cccc21. The van der Waals surface area contributed by atoms with Crippen LogP contribution in [0.15, 0.2) is 28.3 Å². The van der Waals surface area contributed by atoms with Gasteiger partial charge < -0.3 is 9.94 Å². The summed E-state index contributed by atoms with van der Waals surface area (Å²) in [6, 6.07) is 5.96. The summed E-state index contributed by atoms with van der Waals surface area (Å²) in [5.41, 5.74) is 3.17. The van der Waals surface area contributed by atoms with Crippen molar-refractivity contribution in [3.05, 3.63) is 34.9 Å². The number of rotatable bonds is 19. The molecule has 6 nitrogen and oxygen atoms in total. The maximum Gasteiger partial charge on any atom is 0.363 e. The van der Waals surface area contributed by atoms with Crippen LogP contribution in [-0.2, 0) is 19.7 Å². The van der Waals surface area contributed by atoms with Gasteiger partial charge in [-0.3, -0.25) is 9.79 Å². The van der Waals surface area contributed by atoms with Crippen LogP contribution < -0.4 is 0 Å². The molecule has 0 bridgehead atoms. The van der Waals surface area contributed by atoms with Crippen molar-refractivity contribution in [3.8, 4) is 0 Å². The van der Waals surface area contributed by atoms with E-state index in [2.05, 4.69) is 38.9 Å². The molecular weight excluding hydrogens is 476 g/mol. The topological polar surface area (TPSA) is 88.3 Å². The Balaban J connectivity index is 1.90. The fourth-order valence-electron chi connectivity index (χ4n) is 5.94. The van der Waals surface area contributed by atoms with E-state index in [9.17, 15) is 14.8 Å². The highest BCUT2D eigenvalue weighted by molar-refractivity contribution is 6.69. The Labute approximate surface area is 230 Å². The summed E-state index contributed by atoms with van der Waals surface area (Å²) in [5, 5.41) is 13.1. The molecule has 38 heavy (non-hydrogen) atoms. The monoisotopic (exact) mass is 526 g/mol. The summed E-state index contributed by atoms with van der Waals surface area (Å²) < 4.78 is 5.28. The number of aryl methyl sites for hydroxylation is 1. The van der Waals surface area contributed by atoms with Crippen LogP contribution in [0, 0.1) is 6.92 Å². The molecule has 0 amide bonds. The van der Waals surface area contributed by atoms with E-state index < -0.39 is 5.97 Å². The molecule has 0 saturated carbocycles. The highest BCUT2D eigenvalue weighted by Crippen LogP contribution is 2.41. The second-order valence-corrected chi connectivity index (χ2v) is 10.9. The van der Waals surface area contributed by atoms with Crippen LogP contribution >= 0.6 is 0 Å². The predicted molar refractivity (Wildman–Crippen MR) is 156 cm³/mol. The number of carbonyl (C=O) groups is 2. The lowest BCUT2D eigenvalue weighted by Crippen LogP contribution is -2.40. The first-order chi connectivity index (χ1) is 18.4. The third-order valence-corrected chi connectivity index (χ3v) is 7.75. The number of ether oxygens (including phenoxy) is 1. The fourth-order valence-corrected chi connectivity index (χ4v) is 5.94. The molecule has 0 radical (unpaired) electrons. The van der Waals surface area contributed by atoms with Crippen molar-refractivity contribution in [2.75, 3.05) is 13.2 Å². The number of esters is 1. The quantitative estimate of drug-likeness (QED) is 0.0652. The molecule has 1 aromatic rings. The summed E-state index contributed by atoms with van der Waals surface area (Å²) >= 11 is 0. The van der Waals surface area contributed by atoms with Gasteiger partial charge in [0.25, 0.3) is 0 Å². The number of hydrogen-bond donors (Lipinski definition) is 1. The van der Waals surface area contributed by atoms with Gasteiger partial charge in [0.2, 0.25) is 5.71 Å². The molecule has 1 aliphatic rings. The van der Waals surface area contributed by atoms with Crippen LogP contribution in [0.3, 0.4) is 0 Å². The van der Waals surface area contributed by atoms with Crippen LogP contribution in [0.1, 0.15) is 134 Å².